The van der Waals surface area contributed by atoms with Gasteiger partial charge in [0.05, 0.1) is 12.9 Å². The number of hydrogen-bond acceptors (Lipinski definition) is 4. The van der Waals surface area contributed by atoms with Crippen molar-refractivity contribution in [3.05, 3.63) is 29.8 Å². The molecule has 0 bridgehead atoms. The molecule has 1 aromatic carbocycles. The van der Waals surface area contributed by atoms with Gasteiger partial charge in [-0.2, -0.15) is 0 Å². The van der Waals surface area contributed by atoms with Crippen LogP contribution in [0.15, 0.2) is 29.3 Å². The third kappa shape index (κ3) is 7.28. The van der Waals surface area contributed by atoms with Crippen LogP contribution in [0.4, 0.5) is 0 Å². The largest absolute Gasteiger partial charge is 0.496 e. The SMILES string of the molecule is CCN(CC)S(=O)(=O)CCNC(=NC)N(C)Cc1ccccc1OC.I. The Morgan fingerprint density at radius 1 is 1.23 bits per heavy atom. The minimum atomic E-state index is -3.24. The fraction of sp³-hybridized carbons (Fsp3) is 0.588. The number of para-hydroxylation sites is 1. The second-order valence-electron chi connectivity index (χ2n) is 5.54. The highest BCUT2D eigenvalue weighted by molar-refractivity contribution is 14.0. The molecule has 0 amide bonds. The van der Waals surface area contributed by atoms with Crippen LogP contribution < -0.4 is 10.1 Å². The second-order valence-corrected chi connectivity index (χ2v) is 7.63. The number of benzene rings is 1. The topological polar surface area (TPSA) is 74.2 Å². The molecule has 9 heteroatoms. The van der Waals surface area contributed by atoms with E-state index in [4.69, 9.17) is 4.74 Å². The van der Waals surface area contributed by atoms with Crippen LogP contribution in [0, 0.1) is 0 Å². The minimum Gasteiger partial charge on any atom is -0.496 e. The van der Waals surface area contributed by atoms with Crippen LogP contribution in [0.1, 0.15) is 19.4 Å². The van der Waals surface area contributed by atoms with Crippen LogP contribution in [-0.2, 0) is 16.6 Å². The number of rotatable bonds is 9. The summed E-state index contributed by atoms with van der Waals surface area (Å²) in [5.74, 6) is 1.49. The summed E-state index contributed by atoms with van der Waals surface area (Å²) in [6, 6.07) is 7.79. The quantitative estimate of drug-likeness (QED) is 0.320. The van der Waals surface area contributed by atoms with E-state index in [0.717, 1.165) is 11.3 Å². The third-order valence-corrected chi connectivity index (χ3v) is 5.94. The summed E-state index contributed by atoms with van der Waals surface area (Å²) in [5, 5.41) is 3.12. The summed E-state index contributed by atoms with van der Waals surface area (Å²) in [6.45, 7) is 5.57. The predicted molar refractivity (Wildman–Crippen MR) is 118 cm³/mol. The maximum atomic E-state index is 12.2. The highest BCUT2D eigenvalue weighted by Gasteiger charge is 2.18. The van der Waals surface area contributed by atoms with Crippen LogP contribution >= 0.6 is 24.0 Å². The lowest BCUT2D eigenvalue weighted by atomic mass is 10.2. The zero-order valence-electron chi connectivity index (χ0n) is 16.2. The van der Waals surface area contributed by atoms with Crippen LogP contribution in [0.2, 0.25) is 0 Å². The lowest BCUT2D eigenvalue weighted by Gasteiger charge is -2.24. The van der Waals surface area contributed by atoms with Crippen molar-refractivity contribution in [3.63, 3.8) is 0 Å². The normalized spacial score (nSPS) is 11.8. The molecule has 0 spiro atoms. The molecule has 0 aliphatic rings. The van der Waals surface area contributed by atoms with E-state index in [1.165, 1.54) is 4.31 Å². The molecule has 1 aromatic rings. The molecule has 0 fully saturated rings. The smallest absolute Gasteiger partial charge is 0.215 e. The molecule has 0 saturated heterocycles. The van der Waals surface area contributed by atoms with E-state index in [2.05, 4.69) is 10.3 Å². The van der Waals surface area contributed by atoms with Crippen LogP contribution in [0.5, 0.6) is 5.75 Å². The Labute approximate surface area is 174 Å². The second kappa shape index (κ2) is 12.3. The van der Waals surface area contributed by atoms with Gasteiger partial charge in [0, 0.05) is 45.8 Å². The number of aliphatic imine (C=N–C) groups is 1. The van der Waals surface area contributed by atoms with Crippen molar-refractivity contribution in [2.75, 3.05) is 46.6 Å². The first kappa shape index (κ1) is 24.9. The number of methoxy groups -OCH3 is 1. The van der Waals surface area contributed by atoms with Crippen LogP contribution in [-0.4, -0.2) is 70.2 Å². The van der Waals surface area contributed by atoms with E-state index in [1.54, 1.807) is 14.2 Å². The molecule has 0 aliphatic carbocycles. The van der Waals surface area contributed by atoms with Gasteiger partial charge in [0.2, 0.25) is 10.0 Å². The Hall–Kier alpha value is -1.07. The van der Waals surface area contributed by atoms with Gasteiger partial charge in [0.25, 0.3) is 0 Å². The van der Waals surface area contributed by atoms with Gasteiger partial charge in [-0.05, 0) is 6.07 Å². The molecule has 1 N–H and O–H groups in total. The first-order valence-corrected chi connectivity index (χ1v) is 10.0. The number of nitrogens with zero attached hydrogens (tertiary/aromatic N) is 3. The van der Waals surface area contributed by atoms with Crippen molar-refractivity contribution in [1.29, 1.82) is 0 Å². The standard InChI is InChI=1S/C17H30N4O3S.HI/c1-6-21(7-2)25(22,23)13-12-19-17(18-3)20(4)14-15-10-8-9-11-16(15)24-5;/h8-11H,6-7,12-14H2,1-5H3,(H,18,19);1H. The predicted octanol–water partition coefficient (Wildman–Crippen LogP) is 1.99. The van der Waals surface area contributed by atoms with Crippen molar-refractivity contribution in [1.82, 2.24) is 14.5 Å². The highest BCUT2D eigenvalue weighted by atomic mass is 127. The van der Waals surface area contributed by atoms with E-state index in [9.17, 15) is 8.42 Å². The number of ether oxygens (including phenoxy) is 1. The third-order valence-electron chi connectivity index (χ3n) is 3.92. The van der Waals surface area contributed by atoms with E-state index in [1.807, 2.05) is 50.1 Å². The van der Waals surface area contributed by atoms with Gasteiger partial charge in [-0.3, -0.25) is 4.99 Å². The first-order valence-electron chi connectivity index (χ1n) is 8.41. The molecule has 0 heterocycles. The number of sulfonamides is 1. The Morgan fingerprint density at radius 3 is 2.38 bits per heavy atom. The number of hydrogen-bond donors (Lipinski definition) is 1. The van der Waals surface area contributed by atoms with Crippen molar-refractivity contribution in [3.8, 4) is 5.75 Å². The Kier molecular flexibility index (Phi) is 11.8. The number of nitrogens with one attached hydrogen (secondary N) is 1. The average Bonchev–Trinajstić information content (AvgIpc) is 2.59. The summed E-state index contributed by atoms with van der Waals surface area (Å²) in [7, 11) is 1.98. The van der Waals surface area contributed by atoms with E-state index < -0.39 is 10.0 Å². The maximum absolute atomic E-state index is 12.2. The summed E-state index contributed by atoms with van der Waals surface area (Å²) in [5.41, 5.74) is 1.03. The fourth-order valence-corrected chi connectivity index (χ4v) is 3.99. The van der Waals surface area contributed by atoms with Gasteiger partial charge in [-0.25, -0.2) is 12.7 Å². The van der Waals surface area contributed by atoms with Crippen molar-refractivity contribution in [2.45, 2.75) is 20.4 Å². The summed E-state index contributed by atoms with van der Waals surface area (Å²) in [4.78, 5) is 6.16. The lowest BCUT2D eigenvalue weighted by Crippen LogP contribution is -2.42. The monoisotopic (exact) mass is 498 g/mol. The Bertz CT molecular complexity index is 664. The summed E-state index contributed by atoms with van der Waals surface area (Å²) >= 11 is 0. The molecular weight excluding hydrogens is 467 g/mol. The van der Waals surface area contributed by atoms with Gasteiger partial charge in [0.1, 0.15) is 5.75 Å². The van der Waals surface area contributed by atoms with Crippen molar-refractivity contribution in [2.24, 2.45) is 4.99 Å². The maximum Gasteiger partial charge on any atom is 0.215 e. The Morgan fingerprint density at radius 2 is 1.85 bits per heavy atom. The number of guanidine groups is 1. The fourth-order valence-electron chi connectivity index (χ4n) is 2.59. The van der Waals surface area contributed by atoms with Crippen molar-refractivity contribution >= 4 is 40.0 Å². The Balaban J connectivity index is 0.00000625. The number of halogens is 1. The molecule has 0 aliphatic heterocycles. The minimum absolute atomic E-state index is 0. The van der Waals surface area contributed by atoms with Gasteiger partial charge in [-0.1, -0.05) is 32.0 Å². The molecule has 0 radical (unpaired) electrons. The van der Waals surface area contributed by atoms with E-state index >= 15 is 0 Å². The molecule has 0 aromatic heterocycles. The molecule has 0 unspecified atom stereocenters. The zero-order chi connectivity index (χ0) is 18.9. The molecule has 0 saturated carbocycles. The summed E-state index contributed by atoms with van der Waals surface area (Å²) in [6.07, 6.45) is 0. The first-order chi connectivity index (χ1) is 11.9. The van der Waals surface area contributed by atoms with Crippen LogP contribution in [0.3, 0.4) is 0 Å². The molecule has 7 nitrogen and oxygen atoms in total. The molecule has 150 valence electrons. The molecule has 0 atom stereocenters. The lowest BCUT2D eigenvalue weighted by molar-refractivity contribution is 0.396. The molecular formula is C17H31IN4O3S. The summed E-state index contributed by atoms with van der Waals surface area (Å²) < 4.78 is 31.3. The van der Waals surface area contributed by atoms with Gasteiger partial charge >= 0.3 is 0 Å². The van der Waals surface area contributed by atoms with E-state index in [-0.39, 0.29) is 29.7 Å². The van der Waals surface area contributed by atoms with Crippen molar-refractivity contribution < 1.29 is 13.2 Å². The average molecular weight is 498 g/mol. The van der Waals surface area contributed by atoms with Crippen LogP contribution in [0.25, 0.3) is 0 Å². The van der Waals surface area contributed by atoms with Gasteiger partial charge < -0.3 is 15.0 Å². The highest BCUT2D eigenvalue weighted by Crippen LogP contribution is 2.18. The van der Waals surface area contributed by atoms with Gasteiger partial charge in [0.15, 0.2) is 5.96 Å². The zero-order valence-corrected chi connectivity index (χ0v) is 19.4. The van der Waals surface area contributed by atoms with E-state index in [0.29, 0.717) is 32.1 Å². The van der Waals surface area contributed by atoms with Gasteiger partial charge in [-0.15, -0.1) is 24.0 Å². The molecule has 26 heavy (non-hydrogen) atoms. The molecule has 1 rings (SSSR count).